The number of furan rings is 1. The SMILES string of the molecule is Nc1c(Cl)oc(N(CCO)CCO)c1-c1ccccc1. The number of nitrogens with zero attached hydrogens (tertiary/aromatic N) is 1. The molecule has 108 valence electrons. The largest absolute Gasteiger partial charge is 0.426 e. The summed E-state index contributed by atoms with van der Waals surface area (Å²) in [6.45, 7) is 0.520. The number of nitrogens with two attached hydrogens (primary N) is 1. The van der Waals surface area contributed by atoms with Crippen molar-refractivity contribution in [1.29, 1.82) is 0 Å². The molecule has 1 aromatic heterocycles. The lowest BCUT2D eigenvalue weighted by atomic mass is 10.1. The second-order valence-electron chi connectivity index (χ2n) is 4.27. The minimum atomic E-state index is -0.0630. The van der Waals surface area contributed by atoms with Crippen molar-refractivity contribution in [3.8, 4) is 11.1 Å². The highest BCUT2D eigenvalue weighted by Gasteiger charge is 2.22. The molecule has 0 amide bonds. The molecular formula is C14H17ClN2O3. The third-order valence-electron chi connectivity index (χ3n) is 2.97. The first-order valence-corrected chi connectivity index (χ1v) is 6.66. The van der Waals surface area contributed by atoms with Crippen LogP contribution in [0.15, 0.2) is 34.7 Å². The Bertz CT molecular complexity index is 551. The van der Waals surface area contributed by atoms with Gasteiger partial charge in [0, 0.05) is 13.1 Å². The van der Waals surface area contributed by atoms with Crippen LogP contribution in [-0.4, -0.2) is 36.5 Å². The summed E-state index contributed by atoms with van der Waals surface area (Å²) < 4.78 is 5.51. The Morgan fingerprint density at radius 1 is 1.10 bits per heavy atom. The molecule has 0 aliphatic heterocycles. The van der Waals surface area contributed by atoms with E-state index in [1.54, 1.807) is 4.90 Å². The van der Waals surface area contributed by atoms with Crippen LogP contribution < -0.4 is 10.6 Å². The lowest BCUT2D eigenvalue weighted by Gasteiger charge is -2.21. The van der Waals surface area contributed by atoms with Gasteiger partial charge in [-0.2, -0.15) is 0 Å². The Kier molecular flexibility index (Phi) is 4.89. The van der Waals surface area contributed by atoms with Crippen LogP contribution in [-0.2, 0) is 0 Å². The third-order valence-corrected chi connectivity index (χ3v) is 3.25. The third kappa shape index (κ3) is 2.90. The minimum Gasteiger partial charge on any atom is -0.426 e. The minimum absolute atomic E-state index is 0.0630. The molecule has 2 aromatic rings. The molecule has 4 N–H and O–H groups in total. The first-order valence-electron chi connectivity index (χ1n) is 6.29. The Morgan fingerprint density at radius 3 is 2.25 bits per heavy atom. The monoisotopic (exact) mass is 296 g/mol. The molecule has 0 saturated carbocycles. The number of rotatable bonds is 6. The molecular weight excluding hydrogens is 280 g/mol. The van der Waals surface area contributed by atoms with E-state index >= 15 is 0 Å². The molecule has 20 heavy (non-hydrogen) atoms. The molecule has 0 atom stereocenters. The van der Waals surface area contributed by atoms with Gasteiger partial charge in [-0.1, -0.05) is 30.3 Å². The Morgan fingerprint density at radius 2 is 1.70 bits per heavy atom. The van der Waals surface area contributed by atoms with E-state index in [1.807, 2.05) is 30.3 Å². The summed E-state index contributed by atoms with van der Waals surface area (Å²) in [6.07, 6.45) is 0. The predicted octanol–water partition coefficient (Wildman–Crippen LogP) is 1.97. The fraction of sp³-hybridized carbons (Fsp3) is 0.286. The first kappa shape index (κ1) is 14.7. The summed E-state index contributed by atoms with van der Waals surface area (Å²) in [4.78, 5) is 1.71. The Labute approximate surface area is 122 Å². The fourth-order valence-electron chi connectivity index (χ4n) is 2.07. The predicted molar refractivity (Wildman–Crippen MR) is 80.0 cm³/mol. The zero-order valence-electron chi connectivity index (χ0n) is 10.9. The van der Waals surface area contributed by atoms with Crippen LogP contribution >= 0.6 is 11.6 Å². The van der Waals surface area contributed by atoms with Crippen LogP contribution in [0.4, 0.5) is 11.6 Å². The fourth-order valence-corrected chi connectivity index (χ4v) is 2.23. The molecule has 0 saturated heterocycles. The number of halogens is 1. The average molecular weight is 297 g/mol. The van der Waals surface area contributed by atoms with E-state index in [1.165, 1.54) is 0 Å². The van der Waals surface area contributed by atoms with E-state index < -0.39 is 0 Å². The smallest absolute Gasteiger partial charge is 0.219 e. The molecule has 6 heteroatoms. The summed E-state index contributed by atoms with van der Waals surface area (Å²) in [6, 6.07) is 9.48. The van der Waals surface area contributed by atoms with Gasteiger partial charge in [-0.05, 0) is 17.2 Å². The topological polar surface area (TPSA) is 82.9 Å². The number of hydrogen-bond donors (Lipinski definition) is 3. The molecule has 1 heterocycles. The maximum absolute atomic E-state index is 9.13. The molecule has 0 aliphatic carbocycles. The lowest BCUT2D eigenvalue weighted by molar-refractivity contribution is 0.277. The zero-order chi connectivity index (χ0) is 14.5. The number of hydrogen-bond acceptors (Lipinski definition) is 5. The van der Waals surface area contributed by atoms with Crippen LogP contribution in [0.25, 0.3) is 11.1 Å². The van der Waals surface area contributed by atoms with E-state index in [-0.39, 0.29) is 18.4 Å². The summed E-state index contributed by atoms with van der Waals surface area (Å²) in [5.74, 6) is 0.460. The molecule has 0 bridgehead atoms. The van der Waals surface area contributed by atoms with Crippen LogP contribution in [0.2, 0.25) is 5.22 Å². The van der Waals surface area contributed by atoms with Gasteiger partial charge in [0.05, 0.1) is 18.8 Å². The number of benzene rings is 1. The van der Waals surface area contributed by atoms with Gasteiger partial charge in [-0.15, -0.1) is 0 Å². The van der Waals surface area contributed by atoms with Gasteiger partial charge < -0.3 is 25.3 Å². The number of aliphatic hydroxyl groups excluding tert-OH is 2. The molecule has 2 rings (SSSR count). The van der Waals surface area contributed by atoms with Crippen molar-refractivity contribution < 1.29 is 14.6 Å². The highest BCUT2D eigenvalue weighted by atomic mass is 35.5. The van der Waals surface area contributed by atoms with Crippen LogP contribution in [0.3, 0.4) is 0 Å². The molecule has 0 fully saturated rings. The van der Waals surface area contributed by atoms with Crippen LogP contribution in [0.1, 0.15) is 0 Å². The molecule has 0 unspecified atom stereocenters. The van der Waals surface area contributed by atoms with Crippen molar-refractivity contribution >= 4 is 23.2 Å². The van der Waals surface area contributed by atoms with Crippen LogP contribution in [0, 0.1) is 0 Å². The van der Waals surface area contributed by atoms with Gasteiger partial charge in [0.25, 0.3) is 0 Å². The Balaban J connectivity index is 2.50. The molecule has 5 nitrogen and oxygen atoms in total. The molecule has 0 aliphatic rings. The van der Waals surface area contributed by atoms with Crippen molar-refractivity contribution in [3.63, 3.8) is 0 Å². The summed E-state index contributed by atoms with van der Waals surface area (Å²) in [7, 11) is 0. The van der Waals surface area contributed by atoms with Gasteiger partial charge in [0.1, 0.15) is 5.69 Å². The maximum Gasteiger partial charge on any atom is 0.219 e. The van der Waals surface area contributed by atoms with Gasteiger partial charge in [-0.3, -0.25) is 0 Å². The number of nitrogen functional groups attached to an aromatic ring is 1. The second-order valence-corrected chi connectivity index (χ2v) is 4.61. The standard InChI is InChI=1S/C14H17ClN2O3/c15-13-12(16)11(10-4-2-1-3-5-10)14(20-13)17(6-8-18)7-9-19/h1-5,18-19H,6-9,16H2. The van der Waals surface area contributed by atoms with Gasteiger partial charge in [0.2, 0.25) is 11.1 Å². The van der Waals surface area contributed by atoms with Crippen molar-refractivity contribution in [2.24, 2.45) is 0 Å². The van der Waals surface area contributed by atoms with Gasteiger partial charge >= 0.3 is 0 Å². The van der Waals surface area contributed by atoms with E-state index in [0.717, 1.165) is 5.56 Å². The number of aliphatic hydroxyl groups is 2. The first-order chi connectivity index (χ1) is 9.69. The highest BCUT2D eigenvalue weighted by molar-refractivity contribution is 6.32. The average Bonchev–Trinajstić information content (AvgIpc) is 2.75. The van der Waals surface area contributed by atoms with Crippen molar-refractivity contribution in [3.05, 3.63) is 35.6 Å². The van der Waals surface area contributed by atoms with Crippen molar-refractivity contribution in [1.82, 2.24) is 0 Å². The lowest BCUT2D eigenvalue weighted by Crippen LogP contribution is -2.29. The molecule has 1 aromatic carbocycles. The van der Waals surface area contributed by atoms with E-state index in [4.69, 9.17) is 32.0 Å². The van der Waals surface area contributed by atoms with Crippen molar-refractivity contribution in [2.75, 3.05) is 36.9 Å². The molecule has 0 radical (unpaired) electrons. The summed E-state index contributed by atoms with van der Waals surface area (Å²) in [5, 5.41) is 18.4. The van der Waals surface area contributed by atoms with E-state index in [9.17, 15) is 0 Å². The van der Waals surface area contributed by atoms with Gasteiger partial charge in [-0.25, -0.2) is 0 Å². The van der Waals surface area contributed by atoms with E-state index in [0.29, 0.717) is 30.2 Å². The normalized spacial score (nSPS) is 10.8. The van der Waals surface area contributed by atoms with E-state index in [2.05, 4.69) is 0 Å². The van der Waals surface area contributed by atoms with Crippen LogP contribution in [0.5, 0.6) is 0 Å². The second kappa shape index (κ2) is 6.65. The van der Waals surface area contributed by atoms with Gasteiger partial charge in [0.15, 0.2) is 0 Å². The Hall–Kier alpha value is -1.69. The zero-order valence-corrected chi connectivity index (χ0v) is 11.7. The molecule has 0 spiro atoms. The van der Waals surface area contributed by atoms with Crippen molar-refractivity contribution in [2.45, 2.75) is 0 Å². The summed E-state index contributed by atoms with van der Waals surface area (Å²) >= 11 is 5.99. The summed E-state index contributed by atoms with van der Waals surface area (Å²) in [5.41, 5.74) is 7.89. The number of anilines is 2. The quantitative estimate of drug-likeness (QED) is 0.759. The maximum atomic E-state index is 9.13. The highest BCUT2D eigenvalue weighted by Crippen LogP contribution is 2.42.